The third-order valence-electron chi connectivity index (χ3n) is 8.77. The van der Waals surface area contributed by atoms with Gasteiger partial charge in [0.05, 0.1) is 23.8 Å². The van der Waals surface area contributed by atoms with Gasteiger partial charge in [0.15, 0.2) is 0 Å². The van der Waals surface area contributed by atoms with Crippen LogP contribution in [0.4, 0.5) is 14.6 Å². The average molecular weight is 628 g/mol. The van der Waals surface area contributed by atoms with E-state index in [2.05, 4.69) is 4.98 Å². The van der Waals surface area contributed by atoms with E-state index in [4.69, 9.17) is 10.5 Å². The number of piperidine rings is 1. The number of rotatable bonds is 7. The topological polar surface area (TPSA) is 122 Å². The lowest BCUT2D eigenvalue weighted by Gasteiger charge is -2.35. The van der Waals surface area contributed by atoms with Crippen molar-refractivity contribution in [3.63, 3.8) is 0 Å². The lowest BCUT2D eigenvalue weighted by Crippen LogP contribution is -2.45. The van der Waals surface area contributed by atoms with Crippen LogP contribution >= 0.6 is 0 Å². The molecule has 12 heteroatoms. The normalized spacial score (nSPS) is 18.9. The van der Waals surface area contributed by atoms with Gasteiger partial charge in [0, 0.05) is 37.8 Å². The first-order chi connectivity index (χ1) is 22.0. The van der Waals surface area contributed by atoms with E-state index in [9.17, 15) is 23.6 Å². The van der Waals surface area contributed by atoms with E-state index < -0.39 is 30.0 Å². The molecule has 0 saturated carbocycles. The minimum absolute atomic E-state index is 0.109. The summed E-state index contributed by atoms with van der Waals surface area (Å²) in [4.78, 5) is 35.2. The quantitative estimate of drug-likeness (QED) is 0.218. The lowest BCUT2D eigenvalue weighted by molar-refractivity contribution is -0.128. The first-order valence-corrected chi connectivity index (χ1v) is 15.2. The molecule has 0 spiro atoms. The Morgan fingerprint density at radius 1 is 1.11 bits per heavy atom. The number of benzene rings is 2. The summed E-state index contributed by atoms with van der Waals surface area (Å²) in [6.45, 7) is 3.78. The Bertz CT molecular complexity index is 1890. The number of para-hydroxylation sites is 1. The van der Waals surface area contributed by atoms with E-state index in [1.807, 2.05) is 36.4 Å². The number of pyridine rings is 1. The molecule has 2 aromatic carbocycles. The lowest BCUT2D eigenvalue weighted by atomic mass is 9.98. The SMILES string of the molecule is CC(C)(/C=C(/C#N)C(=O)N1CCC[C@@H](n2c(=O)n(-c3ccc(Oc4ccccc4)cc3)c3c(N)nccc32)C1)N1CCC(F)(F)C1. The molecule has 2 saturated heterocycles. The van der Waals surface area contributed by atoms with Crippen LogP contribution in [0.15, 0.2) is 83.3 Å². The van der Waals surface area contributed by atoms with Gasteiger partial charge in [-0.25, -0.2) is 18.6 Å². The number of carbonyl (C=O) groups excluding carboxylic acids is 1. The highest BCUT2D eigenvalue weighted by Gasteiger charge is 2.43. The Morgan fingerprint density at radius 2 is 1.83 bits per heavy atom. The molecule has 0 unspecified atom stereocenters. The molecule has 10 nitrogen and oxygen atoms in total. The zero-order chi connectivity index (χ0) is 32.6. The van der Waals surface area contributed by atoms with E-state index in [0.29, 0.717) is 47.6 Å². The van der Waals surface area contributed by atoms with Gasteiger partial charge in [-0.1, -0.05) is 18.2 Å². The van der Waals surface area contributed by atoms with Crippen LogP contribution < -0.4 is 16.2 Å². The van der Waals surface area contributed by atoms with Gasteiger partial charge < -0.3 is 15.4 Å². The minimum atomic E-state index is -2.80. The summed E-state index contributed by atoms with van der Waals surface area (Å²) in [7, 11) is 0. The van der Waals surface area contributed by atoms with Gasteiger partial charge in [0.1, 0.15) is 34.5 Å². The van der Waals surface area contributed by atoms with Crippen LogP contribution in [-0.4, -0.2) is 67.5 Å². The van der Waals surface area contributed by atoms with Crippen molar-refractivity contribution in [2.45, 2.75) is 50.6 Å². The van der Waals surface area contributed by atoms with Crippen molar-refractivity contribution >= 4 is 22.8 Å². The van der Waals surface area contributed by atoms with Crippen LogP contribution in [0.25, 0.3) is 16.7 Å². The Balaban J connectivity index is 1.29. The first-order valence-electron chi connectivity index (χ1n) is 15.2. The second-order valence-corrected chi connectivity index (χ2v) is 12.4. The summed E-state index contributed by atoms with van der Waals surface area (Å²) >= 11 is 0. The first kappa shape index (κ1) is 31.0. The maximum absolute atomic E-state index is 14.1. The summed E-state index contributed by atoms with van der Waals surface area (Å²) in [6.07, 6.45) is 3.98. The predicted molar refractivity (Wildman–Crippen MR) is 170 cm³/mol. The molecule has 0 bridgehead atoms. The molecule has 2 N–H and O–H groups in total. The van der Waals surface area contributed by atoms with Crippen molar-refractivity contribution in [2.24, 2.45) is 0 Å². The van der Waals surface area contributed by atoms with Crippen LogP contribution in [-0.2, 0) is 4.79 Å². The Labute approximate surface area is 264 Å². The van der Waals surface area contributed by atoms with Crippen LogP contribution in [0.5, 0.6) is 11.5 Å². The molecule has 1 amide bonds. The van der Waals surface area contributed by atoms with Gasteiger partial charge in [0.25, 0.3) is 11.8 Å². The van der Waals surface area contributed by atoms with E-state index in [-0.39, 0.29) is 36.6 Å². The van der Waals surface area contributed by atoms with Crippen LogP contribution in [0.2, 0.25) is 0 Å². The van der Waals surface area contributed by atoms with Crippen molar-refractivity contribution in [3.05, 3.63) is 89.0 Å². The zero-order valence-electron chi connectivity index (χ0n) is 25.7. The number of imidazole rings is 1. The molecule has 2 fully saturated rings. The van der Waals surface area contributed by atoms with Gasteiger partial charge in [-0.3, -0.25) is 18.8 Å². The zero-order valence-corrected chi connectivity index (χ0v) is 25.7. The van der Waals surface area contributed by atoms with Crippen molar-refractivity contribution in [1.29, 1.82) is 5.26 Å². The van der Waals surface area contributed by atoms with E-state index in [0.717, 1.165) is 0 Å². The Morgan fingerprint density at radius 3 is 2.50 bits per heavy atom. The highest BCUT2D eigenvalue weighted by atomic mass is 19.3. The fraction of sp³-hybridized carbons (Fsp3) is 0.353. The van der Waals surface area contributed by atoms with Gasteiger partial charge in [0.2, 0.25) is 0 Å². The number of likely N-dealkylation sites (tertiary alicyclic amines) is 2. The summed E-state index contributed by atoms with van der Waals surface area (Å²) in [6, 6.07) is 19.8. The summed E-state index contributed by atoms with van der Waals surface area (Å²) in [5.74, 6) is -1.82. The van der Waals surface area contributed by atoms with Gasteiger partial charge in [-0.05, 0) is 75.2 Å². The molecule has 0 radical (unpaired) electrons. The number of ether oxygens (including phenoxy) is 1. The third kappa shape index (κ3) is 5.98. The monoisotopic (exact) mass is 627 g/mol. The van der Waals surface area contributed by atoms with Crippen molar-refractivity contribution in [2.75, 3.05) is 31.9 Å². The molecule has 6 rings (SSSR count). The van der Waals surface area contributed by atoms with E-state index in [1.54, 1.807) is 64.7 Å². The van der Waals surface area contributed by atoms with Gasteiger partial charge >= 0.3 is 5.69 Å². The smallest absolute Gasteiger partial charge is 0.334 e. The number of nitriles is 1. The van der Waals surface area contributed by atoms with Crippen molar-refractivity contribution < 1.29 is 18.3 Å². The Kier molecular flexibility index (Phi) is 8.12. The predicted octanol–water partition coefficient (Wildman–Crippen LogP) is 5.29. The largest absolute Gasteiger partial charge is 0.457 e. The second-order valence-electron chi connectivity index (χ2n) is 12.4. The second kappa shape index (κ2) is 12.1. The molecule has 1 atom stereocenters. The maximum Gasteiger partial charge on any atom is 0.334 e. The summed E-state index contributed by atoms with van der Waals surface area (Å²) < 4.78 is 36.9. The highest BCUT2D eigenvalue weighted by Crippen LogP contribution is 2.34. The van der Waals surface area contributed by atoms with Gasteiger partial charge in [-0.15, -0.1) is 0 Å². The Hall–Kier alpha value is -5.02. The number of nitrogen functional groups attached to an aromatic ring is 1. The number of aromatic nitrogens is 3. The molecule has 4 heterocycles. The molecule has 2 aliphatic heterocycles. The maximum atomic E-state index is 14.1. The number of amides is 1. The van der Waals surface area contributed by atoms with E-state index >= 15 is 0 Å². The number of halogens is 2. The third-order valence-corrected chi connectivity index (χ3v) is 8.77. The number of anilines is 1. The van der Waals surface area contributed by atoms with Crippen molar-refractivity contribution in [1.82, 2.24) is 23.9 Å². The average Bonchev–Trinajstić information content (AvgIpc) is 3.57. The highest BCUT2D eigenvalue weighted by molar-refractivity contribution is 5.97. The summed E-state index contributed by atoms with van der Waals surface area (Å²) in [5.41, 5.74) is 6.56. The molecule has 238 valence electrons. The molecule has 0 aliphatic carbocycles. The minimum Gasteiger partial charge on any atom is -0.457 e. The standard InChI is InChI=1S/C34H35F2N7O3/c1-33(2,41-18-15-34(35,36)22-41)19-23(20-37)31(44)40-17-6-7-25(21-40)42-28-14-16-39-30(38)29(28)43(32(42)45)24-10-12-27(13-11-24)46-26-8-4-3-5-9-26/h3-5,8-14,16,19,25H,6-7,15,17-18,21-22H2,1-2H3,(H2,38,39)/b23-19-/t25-/m1/s1. The number of hydrogen-bond donors (Lipinski definition) is 1. The van der Waals surface area contributed by atoms with Crippen LogP contribution in [0, 0.1) is 11.3 Å². The molecule has 4 aromatic rings. The number of fused-ring (bicyclic) bond motifs is 1. The molecule has 2 aliphatic rings. The molecular weight excluding hydrogens is 592 g/mol. The van der Waals surface area contributed by atoms with Crippen LogP contribution in [0.1, 0.15) is 39.2 Å². The molecule has 46 heavy (non-hydrogen) atoms. The van der Waals surface area contributed by atoms with E-state index in [1.165, 1.54) is 10.6 Å². The number of alkyl halides is 2. The fourth-order valence-corrected chi connectivity index (χ4v) is 6.40. The molecule has 2 aromatic heterocycles. The number of hydrogen-bond acceptors (Lipinski definition) is 7. The molecular formula is C34H35F2N7O3. The fourth-order valence-electron chi connectivity index (χ4n) is 6.40. The number of carbonyl (C=O) groups is 1. The number of nitrogens with two attached hydrogens (primary N) is 1. The summed E-state index contributed by atoms with van der Waals surface area (Å²) in [5, 5.41) is 9.95. The van der Waals surface area contributed by atoms with Gasteiger partial charge in [-0.2, -0.15) is 5.26 Å². The van der Waals surface area contributed by atoms with Crippen LogP contribution in [0.3, 0.4) is 0 Å². The van der Waals surface area contributed by atoms with Crippen molar-refractivity contribution in [3.8, 4) is 23.3 Å². The number of nitrogens with zero attached hydrogens (tertiary/aromatic N) is 6.